The lowest BCUT2D eigenvalue weighted by molar-refractivity contribution is -0.124. The number of hydrogen-bond donors (Lipinski definition) is 2. The number of carbonyl (C=O) groups is 1. The lowest BCUT2D eigenvalue weighted by Crippen LogP contribution is -2.45. The third kappa shape index (κ3) is 4.46. The highest BCUT2D eigenvalue weighted by atomic mass is 16.5. The average molecular weight is 291 g/mol. The summed E-state index contributed by atoms with van der Waals surface area (Å²) in [6.45, 7) is 4.17. The van der Waals surface area contributed by atoms with E-state index in [0.717, 1.165) is 37.0 Å². The maximum absolute atomic E-state index is 12.0. The molecular weight excluding hydrogens is 266 g/mol. The Hall–Kier alpha value is -1.55. The van der Waals surface area contributed by atoms with E-state index >= 15 is 0 Å². The van der Waals surface area contributed by atoms with E-state index in [-0.39, 0.29) is 31.1 Å². The highest BCUT2D eigenvalue weighted by Gasteiger charge is 2.25. The molecule has 2 unspecified atom stereocenters. The zero-order valence-electron chi connectivity index (χ0n) is 12.9. The third-order valence-electron chi connectivity index (χ3n) is 4.18. The van der Waals surface area contributed by atoms with Crippen LogP contribution in [0.4, 0.5) is 0 Å². The maximum atomic E-state index is 12.0. The van der Waals surface area contributed by atoms with Gasteiger partial charge in [-0.2, -0.15) is 0 Å². The van der Waals surface area contributed by atoms with Crippen molar-refractivity contribution in [3.05, 3.63) is 29.3 Å². The predicted molar refractivity (Wildman–Crippen MR) is 82.4 cm³/mol. The predicted octanol–water partition coefficient (Wildman–Crippen LogP) is 2.35. The van der Waals surface area contributed by atoms with Gasteiger partial charge >= 0.3 is 0 Å². The minimum atomic E-state index is -0.111. The highest BCUT2D eigenvalue weighted by Crippen LogP contribution is 2.24. The molecule has 116 valence electrons. The Morgan fingerprint density at radius 3 is 2.81 bits per heavy atom. The Balaban J connectivity index is 1.84. The second kappa shape index (κ2) is 7.46. The van der Waals surface area contributed by atoms with Crippen LogP contribution < -0.4 is 10.1 Å². The van der Waals surface area contributed by atoms with E-state index in [0.29, 0.717) is 0 Å². The molecule has 2 N–H and O–H groups in total. The van der Waals surface area contributed by atoms with Gasteiger partial charge in [-0.05, 0) is 38.3 Å². The van der Waals surface area contributed by atoms with Crippen LogP contribution in [0.2, 0.25) is 0 Å². The summed E-state index contributed by atoms with van der Waals surface area (Å²) in [6, 6.07) is 5.99. The van der Waals surface area contributed by atoms with Crippen molar-refractivity contribution >= 4 is 5.91 Å². The number of nitrogens with one attached hydrogen (secondary N) is 1. The smallest absolute Gasteiger partial charge is 0.258 e. The zero-order valence-corrected chi connectivity index (χ0v) is 12.9. The van der Waals surface area contributed by atoms with Crippen molar-refractivity contribution in [3.63, 3.8) is 0 Å². The molecule has 2 rings (SSSR count). The summed E-state index contributed by atoms with van der Waals surface area (Å²) in [5, 5.41) is 12.4. The number of rotatable bonds is 5. The van der Waals surface area contributed by atoms with Crippen LogP contribution in [0, 0.1) is 19.8 Å². The van der Waals surface area contributed by atoms with Crippen molar-refractivity contribution in [3.8, 4) is 5.75 Å². The first-order valence-corrected chi connectivity index (χ1v) is 7.70. The quantitative estimate of drug-likeness (QED) is 0.875. The number of amides is 1. The number of ether oxygens (including phenoxy) is 1. The van der Waals surface area contributed by atoms with Gasteiger partial charge in [-0.25, -0.2) is 0 Å². The Morgan fingerprint density at radius 2 is 2.10 bits per heavy atom. The Labute approximate surface area is 126 Å². The Bertz CT molecular complexity index is 487. The van der Waals surface area contributed by atoms with E-state index in [9.17, 15) is 9.90 Å². The molecule has 0 saturated heterocycles. The number of hydrogen-bond acceptors (Lipinski definition) is 3. The SMILES string of the molecule is Cc1ccc(OCC(=O)NC2CCCCC2CO)c(C)c1. The minimum absolute atomic E-state index is 0.0263. The topological polar surface area (TPSA) is 58.6 Å². The van der Waals surface area contributed by atoms with Crippen LogP contribution in [0.1, 0.15) is 36.8 Å². The maximum Gasteiger partial charge on any atom is 0.258 e. The van der Waals surface area contributed by atoms with Gasteiger partial charge in [0.25, 0.3) is 5.91 Å². The van der Waals surface area contributed by atoms with Crippen molar-refractivity contribution < 1.29 is 14.6 Å². The van der Waals surface area contributed by atoms with Crippen LogP contribution >= 0.6 is 0 Å². The fourth-order valence-electron chi connectivity index (χ4n) is 2.97. The minimum Gasteiger partial charge on any atom is -0.484 e. The summed E-state index contributed by atoms with van der Waals surface area (Å²) < 4.78 is 5.59. The van der Waals surface area contributed by atoms with Crippen LogP contribution in [-0.4, -0.2) is 30.3 Å². The van der Waals surface area contributed by atoms with Crippen LogP contribution in [0.15, 0.2) is 18.2 Å². The molecule has 2 atom stereocenters. The molecule has 0 heterocycles. The van der Waals surface area contributed by atoms with Crippen molar-refractivity contribution in [2.24, 2.45) is 5.92 Å². The van der Waals surface area contributed by atoms with Gasteiger partial charge in [0.05, 0.1) is 0 Å². The summed E-state index contributed by atoms with van der Waals surface area (Å²) >= 11 is 0. The summed E-state index contributed by atoms with van der Waals surface area (Å²) in [7, 11) is 0. The molecule has 0 aliphatic heterocycles. The van der Waals surface area contributed by atoms with Gasteiger partial charge in [0, 0.05) is 18.6 Å². The van der Waals surface area contributed by atoms with Gasteiger partial charge in [-0.1, -0.05) is 30.5 Å². The molecule has 1 aliphatic carbocycles. The first-order chi connectivity index (χ1) is 10.1. The normalized spacial score (nSPS) is 21.9. The number of aliphatic hydroxyl groups is 1. The molecule has 0 spiro atoms. The van der Waals surface area contributed by atoms with Crippen LogP contribution in [0.3, 0.4) is 0 Å². The molecule has 0 bridgehead atoms. The van der Waals surface area contributed by atoms with Gasteiger partial charge in [0.2, 0.25) is 0 Å². The average Bonchev–Trinajstić information content (AvgIpc) is 2.47. The molecule has 0 aromatic heterocycles. The molecule has 1 aromatic carbocycles. The Morgan fingerprint density at radius 1 is 1.33 bits per heavy atom. The summed E-state index contributed by atoms with van der Waals surface area (Å²) in [4.78, 5) is 12.0. The molecule has 1 aromatic rings. The first-order valence-electron chi connectivity index (χ1n) is 7.70. The largest absolute Gasteiger partial charge is 0.484 e. The van der Waals surface area contributed by atoms with E-state index < -0.39 is 0 Å². The van der Waals surface area contributed by atoms with Gasteiger partial charge < -0.3 is 15.2 Å². The molecule has 4 heteroatoms. The van der Waals surface area contributed by atoms with Gasteiger partial charge in [-0.15, -0.1) is 0 Å². The standard InChI is InChI=1S/C17H25NO3/c1-12-7-8-16(13(2)9-12)21-11-17(20)18-15-6-4-3-5-14(15)10-19/h7-9,14-15,19H,3-6,10-11H2,1-2H3,(H,18,20). The lowest BCUT2D eigenvalue weighted by Gasteiger charge is -2.30. The van der Waals surface area contributed by atoms with Crippen LogP contribution in [0.5, 0.6) is 5.75 Å². The second-order valence-electron chi connectivity index (χ2n) is 5.96. The van der Waals surface area contributed by atoms with Crippen molar-refractivity contribution in [2.45, 2.75) is 45.6 Å². The van der Waals surface area contributed by atoms with Gasteiger partial charge in [0.1, 0.15) is 5.75 Å². The molecule has 1 amide bonds. The molecule has 1 fully saturated rings. The number of aliphatic hydroxyl groups excluding tert-OH is 1. The Kier molecular flexibility index (Phi) is 5.62. The monoisotopic (exact) mass is 291 g/mol. The fraction of sp³-hybridized carbons (Fsp3) is 0.588. The van der Waals surface area contributed by atoms with E-state index in [4.69, 9.17) is 4.74 Å². The van der Waals surface area contributed by atoms with Gasteiger partial charge in [-0.3, -0.25) is 4.79 Å². The van der Waals surface area contributed by atoms with Crippen LogP contribution in [-0.2, 0) is 4.79 Å². The first kappa shape index (κ1) is 15.8. The summed E-state index contributed by atoms with van der Waals surface area (Å²) in [5.41, 5.74) is 2.21. The number of carbonyl (C=O) groups excluding carboxylic acids is 1. The second-order valence-corrected chi connectivity index (χ2v) is 5.96. The zero-order chi connectivity index (χ0) is 15.2. The summed E-state index contributed by atoms with van der Waals surface area (Å²) in [6.07, 6.45) is 4.18. The molecular formula is C17H25NO3. The van der Waals surface area contributed by atoms with E-state index in [1.807, 2.05) is 32.0 Å². The van der Waals surface area contributed by atoms with Crippen molar-refractivity contribution in [1.29, 1.82) is 0 Å². The number of aryl methyl sites for hydroxylation is 2. The van der Waals surface area contributed by atoms with Crippen LogP contribution in [0.25, 0.3) is 0 Å². The lowest BCUT2D eigenvalue weighted by atomic mass is 9.85. The number of benzene rings is 1. The molecule has 4 nitrogen and oxygen atoms in total. The van der Waals surface area contributed by atoms with Crippen molar-refractivity contribution in [1.82, 2.24) is 5.32 Å². The van der Waals surface area contributed by atoms with E-state index in [1.165, 1.54) is 5.56 Å². The van der Waals surface area contributed by atoms with E-state index in [1.54, 1.807) is 0 Å². The molecule has 1 saturated carbocycles. The molecule has 1 aliphatic rings. The van der Waals surface area contributed by atoms with Crippen molar-refractivity contribution in [2.75, 3.05) is 13.2 Å². The third-order valence-corrected chi connectivity index (χ3v) is 4.18. The van der Waals surface area contributed by atoms with Gasteiger partial charge in [0.15, 0.2) is 6.61 Å². The van der Waals surface area contributed by atoms with E-state index in [2.05, 4.69) is 5.32 Å². The fourth-order valence-corrected chi connectivity index (χ4v) is 2.97. The highest BCUT2D eigenvalue weighted by molar-refractivity contribution is 5.77. The molecule has 0 radical (unpaired) electrons. The summed E-state index contributed by atoms with van der Waals surface area (Å²) in [5.74, 6) is 0.822. The molecule has 21 heavy (non-hydrogen) atoms.